The molecule has 0 amide bonds. The van der Waals surface area contributed by atoms with Gasteiger partial charge in [-0.2, -0.15) is 5.09 Å². The number of hydrogen-bond donors (Lipinski definition) is 2. The van der Waals surface area contributed by atoms with Crippen molar-refractivity contribution in [3.63, 3.8) is 0 Å². The Morgan fingerprint density at radius 2 is 2.03 bits per heavy atom. The highest BCUT2D eigenvalue weighted by Gasteiger charge is 2.48. The van der Waals surface area contributed by atoms with Crippen LogP contribution < -0.4 is 20.9 Å². The van der Waals surface area contributed by atoms with Crippen molar-refractivity contribution in [3.05, 3.63) is 63.4 Å². The van der Waals surface area contributed by atoms with Crippen LogP contribution >= 0.6 is 7.75 Å². The molecular formula is C23H31FN3O8P. The molecule has 1 aromatic carbocycles. The van der Waals surface area contributed by atoms with Gasteiger partial charge < -0.3 is 18.8 Å². The second-order valence-corrected chi connectivity index (χ2v) is 11.0. The summed E-state index contributed by atoms with van der Waals surface area (Å²) in [5.74, 6) is 0.215. The van der Waals surface area contributed by atoms with Crippen molar-refractivity contribution in [1.82, 2.24) is 14.6 Å². The molecule has 3 rings (SSSR count). The van der Waals surface area contributed by atoms with Gasteiger partial charge in [0.15, 0.2) is 11.9 Å². The van der Waals surface area contributed by atoms with Crippen LogP contribution in [0, 0.1) is 0 Å². The van der Waals surface area contributed by atoms with Gasteiger partial charge in [-0.05, 0) is 39.8 Å². The Morgan fingerprint density at radius 1 is 1.33 bits per heavy atom. The molecule has 1 aromatic heterocycles. The Labute approximate surface area is 207 Å². The molecule has 0 bridgehead atoms. The molecule has 5 atom stereocenters. The van der Waals surface area contributed by atoms with Gasteiger partial charge in [-0.25, -0.2) is 13.8 Å². The first kappa shape index (κ1) is 27.9. The molecule has 1 saturated heterocycles. The summed E-state index contributed by atoms with van der Waals surface area (Å²) in [4.78, 5) is 37.4. The summed E-state index contributed by atoms with van der Waals surface area (Å²) in [6, 6.07) is 9.28. The number of hydrogen-bond acceptors (Lipinski definition) is 8. The highest BCUT2D eigenvalue weighted by Crippen LogP contribution is 2.48. The average Bonchev–Trinajstić information content (AvgIpc) is 3.11. The number of halogens is 1. The third-order valence-corrected chi connectivity index (χ3v) is 7.06. The van der Waals surface area contributed by atoms with E-state index >= 15 is 4.39 Å². The zero-order chi connectivity index (χ0) is 26.6. The topological polar surface area (TPSA) is 138 Å². The number of nitrogens with one attached hydrogen (secondary N) is 2. The zero-order valence-corrected chi connectivity index (χ0v) is 21.4. The Morgan fingerprint density at radius 3 is 2.64 bits per heavy atom. The van der Waals surface area contributed by atoms with Crippen LogP contribution in [0.4, 0.5) is 4.39 Å². The molecule has 0 aliphatic carbocycles. The molecule has 0 radical (unpaired) electrons. The highest BCUT2D eigenvalue weighted by molar-refractivity contribution is 7.52. The van der Waals surface area contributed by atoms with Gasteiger partial charge in [0.05, 0.1) is 25.4 Å². The first-order chi connectivity index (χ1) is 16.8. The second kappa shape index (κ2) is 11.2. The van der Waals surface area contributed by atoms with Crippen molar-refractivity contribution in [3.8, 4) is 5.75 Å². The predicted octanol–water partition coefficient (Wildman–Crippen LogP) is 2.73. The zero-order valence-electron chi connectivity index (χ0n) is 20.5. The molecule has 2 heterocycles. The second-order valence-electron chi connectivity index (χ2n) is 9.31. The van der Waals surface area contributed by atoms with Gasteiger partial charge in [0.1, 0.15) is 17.6 Å². The van der Waals surface area contributed by atoms with E-state index in [2.05, 4.69) is 10.1 Å². The van der Waals surface area contributed by atoms with Crippen LogP contribution in [0.2, 0.25) is 0 Å². The number of alkyl halides is 1. The van der Waals surface area contributed by atoms with Gasteiger partial charge in [0.2, 0.25) is 0 Å². The van der Waals surface area contributed by atoms with E-state index in [1.54, 1.807) is 44.2 Å². The van der Waals surface area contributed by atoms with Gasteiger partial charge >= 0.3 is 13.4 Å². The molecule has 1 aliphatic rings. The molecule has 2 aromatic rings. The minimum atomic E-state index is -4.22. The summed E-state index contributed by atoms with van der Waals surface area (Å²) in [6.07, 6.45) is -0.977. The molecule has 13 heteroatoms. The number of nitrogens with zero attached hydrogens (tertiary/aromatic N) is 1. The van der Waals surface area contributed by atoms with E-state index in [0.29, 0.717) is 6.29 Å². The number of benzene rings is 1. The van der Waals surface area contributed by atoms with Gasteiger partial charge in [0, 0.05) is 18.7 Å². The summed E-state index contributed by atoms with van der Waals surface area (Å²) < 4.78 is 52.5. The Hall–Kier alpha value is -2.63. The molecule has 5 unspecified atom stereocenters. The van der Waals surface area contributed by atoms with Crippen LogP contribution in [0.25, 0.3) is 0 Å². The van der Waals surface area contributed by atoms with E-state index in [1.165, 1.54) is 13.8 Å². The minimum absolute atomic E-state index is 0.112. The van der Waals surface area contributed by atoms with Crippen molar-refractivity contribution >= 4 is 14.0 Å². The van der Waals surface area contributed by atoms with Crippen LogP contribution in [-0.4, -0.2) is 52.5 Å². The molecule has 198 valence electrons. The van der Waals surface area contributed by atoms with Crippen molar-refractivity contribution in [2.75, 3.05) is 13.2 Å². The van der Waals surface area contributed by atoms with E-state index in [1.807, 2.05) is 0 Å². The maximum Gasteiger partial charge on any atom is 0.459 e. The van der Waals surface area contributed by atoms with E-state index in [4.69, 9.17) is 18.5 Å². The van der Waals surface area contributed by atoms with E-state index in [-0.39, 0.29) is 31.5 Å². The van der Waals surface area contributed by atoms with Crippen molar-refractivity contribution in [1.29, 1.82) is 0 Å². The summed E-state index contributed by atoms with van der Waals surface area (Å²) in [5.41, 5.74) is -4.88. The van der Waals surface area contributed by atoms with E-state index in [0.717, 1.165) is 16.8 Å². The fourth-order valence-electron chi connectivity index (χ4n) is 3.61. The maximum absolute atomic E-state index is 15.3. The third kappa shape index (κ3) is 7.21. The van der Waals surface area contributed by atoms with Crippen molar-refractivity contribution in [2.24, 2.45) is 0 Å². The molecule has 1 aliphatic heterocycles. The van der Waals surface area contributed by atoms with Crippen molar-refractivity contribution in [2.45, 2.75) is 63.8 Å². The van der Waals surface area contributed by atoms with Gasteiger partial charge in [-0.3, -0.25) is 18.9 Å². The highest BCUT2D eigenvalue weighted by atomic mass is 31.2. The Balaban J connectivity index is 1.79. The normalized spacial score (nSPS) is 25.3. The number of aldehydes is 1. The summed E-state index contributed by atoms with van der Waals surface area (Å²) in [5, 5.41) is 2.64. The third-order valence-electron chi connectivity index (χ3n) is 5.33. The van der Waals surface area contributed by atoms with Gasteiger partial charge in [-0.15, -0.1) is 0 Å². The first-order valence-corrected chi connectivity index (χ1v) is 12.9. The molecular weight excluding hydrogens is 496 g/mol. The Kier molecular flexibility index (Phi) is 8.68. The number of aromatic amines is 1. The Bertz CT molecular complexity index is 1200. The monoisotopic (exact) mass is 527 g/mol. The van der Waals surface area contributed by atoms with Crippen molar-refractivity contribution < 1.29 is 32.3 Å². The van der Waals surface area contributed by atoms with Crippen LogP contribution in [-0.2, 0) is 23.4 Å². The largest absolute Gasteiger partial charge is 0.459 e. The molecule has 11 nitrogen and oxygen atoms in total. The van der Waals surface area contributed by atoms with Gasteiger partial charge in [-0.1, -0.05) is 18.2 Å². The van der Waals surface area contributed by atoms with E-state index < -0.39 is 42.5 Å². The number of aromatic nitrogens is 2. The van der Waals surface area contributed by atoms with Crippen LogP contribution in [0.3, 0.4) is 0 Å². The number of carbonyl (C=O) groups is 1. The lowest BCUT2D eigenvalue weighted by molar-refractivity contribution is -0.115. The van der Waals surface area contributed by atoms with Crippen LogP contribution in [0.5, 0.6) is 5.75 Å². The quantitative estimate of drug-likeness (QED) is 0.315. The van der Waals surface area contributed by atoms with Crippen LogP contribution in [0.15, 0.2) is 52.2 Å². The number of ether oxygens (including phenoxy) is 2. The average molecular weight is 527 g/mol. The molecule has 1 fully saturated rings. The van der Waals surface area contributed by atoms with Crippen LogP contribution in [0.1, 0.15) is 40.3 Å². The molecule has 2 N–H and O–H groups in total. The minimum Gasteiger partial charge on any atom is -0.413 e. The maximum atomic E-state index is 15.3. The lowest BCUT2D eigenvalue weighted by Gasteiger charge is -2.30. The standard InChI is InChI=1S/C23H31FN3O8P/c1-16(2)32-15-22(3,14-28)26-36(31,35-17-8-6-5-7-9-17)33-13-18-12-23(4,24)20(34-18)27-11-10-19(29)25-21(27)30/h5-11,14,16,18,20H,12-13,15H2,1-4H3,(H,26,31)(H,25,29,30). The number of carbonyl (C=O) groups excluding carboxylic acids is 1. The fourth-order valence-corrected chi connectivity index (χ4v) is 5.28. The molecule has 36 heavy (non-hydrogen) atoms. The summed E-state index contributed by atoms with van der Waals surface area (Å²) in [7, 11) is -4.22. The fraction of sp³-hybridized carbons (Fsp3) is 0.522. The molecule has 0 saturated carbocycles. The number of rotatable bonds is 12. The number of para-hydroxylation sites is 1. The first-order valence-electron chi connectivity index (χ1n) is 11.4. The summed E-state index contributed by atoms with van der Waals surface area (Å²) >= 11 is 0. The lowest BCUT2D eigenvalue weighted by atomic mass is 10.0. The molecule has 0 spiro atoms. The predicted molar refractivity (Wildman–Crippen MR) is 129 cm³/mol. The number of H-pyrrole nitrogens is 1. The van der Waals surface area contributed by atoms with E-state index in [9.17, 15) is 18.9 Å². The summed E-state index contributed by atoms with van der Waals surface area (Å²) in [6.45, 7) is 5.81. The smallest absolute Gasteiger partial charge is 0.413 e. The lowest BCUT2D eigenvalue weighted by Crippen LogP contribution is -2.48. The van der Waals surface area contributed by atoms with Gasteiger partial charge in [0.25, 0.3) is 5.56 Å². The SMILES string of the molecule is CC(C)OCC(C)(C=O)NP(=O)(OCC1CC(C)(F)C(n2ccc(=O)[nH]c2=O)O1)Oc1ccccc1.